The second kappa shape index (κ2) is 11.1. The smallest absolute Gasteiger partial charge is 0.262 e. The Morgan fingerprint density at radius 3 is 2.58 bits per heavy atom. The van der Waals surface area contributed by atoms with Crippen LogP contribution in [0, 0.1) is 6.92 Å². The van der Waals surface area contributed by atoms with Gasteiger partial charge in [0, 0.05) is 22.9 Å². The van der Waals surface area contributed by atoms with Crippen LogP contribution in [0.5, 0.6) is 11.5 Å². The number of halogens is 2. The van der Waals surface area contributed by atoms with Crippen molar-refractivity contribution in [3.63, 3.8) is 0 Å². The lowest BCUT2D eigenvalue weighted by Gasteiger charge is -2.16. The first-order valence-electron chi connectivity index (χ1n) is 9.89. The van der Waals surface area contributed by atoms with Crippen molar-refractivity contribution in [3.8, 4) is 11.5 Å². The molecule has 0 unspecified atom stereocenters. The zero-order valence-electron chi connectivity index (χ0n) is 17.4. The van der Waals surface area contributed by atoms with Gasteiger partial charge in [-0.1, -0.05) is 35.9 Å². The van der Waals surface area contributed by atoms with Gasteiger partial charge in [-0.3, -0.25) is 4.79 Å². The van der Waals surface area contributed by atoms with Crippen LogP contribution >= 0.6 is 27.5 Å². The van der Waals surface area contributed by atoms with Crippen molar-refractivity contribution in [1.29, 1.82) is 0 Å². The van der Waals surface area contributed by atoms with Crippen LogP contribution < -0.4 is 20.1 Å². The van der Waals surface area contributed by atoms with Crippen LogP contribution in [0.4, 0.5) is 11.4 Å². The number of anilines is 2. The van der Waals surface area contributed by atoms with Gasteiger partial charge in [0.25, 0.3) is 5.91 Å². The van der Waals surface area contributed by atoms with Gasteiger partial charge in [0.1, 0.15) is 0 Å². The number of para-hydroxylation sites is 1. The van der Waals surface area contributed by atoms with E-state index in [1.54, 1.807) is 0 Å². The summed E-state index contributed by atoms with van der Waals surface area (Å²) in [5.74, 6) is 0.819. The fourth-order valence-corrected chi connectivity index (χ4v) is 3.76. The van der Waals surface area contributed by atoms with Crippen molar-refractivity contribution < 1.29 is 14.3 Å². The largest absolute Gasteiger partial charge is 0.490 e. The SMILES string of the molecule is CCOc1cc(CNc2cccc(Cl)c2C)cc(Br)c1OCC(=O)Nc1ccccc1. The molecule has 3 aromatic rings. The lowest BCUT2D eigenvalue weighted by Crippen LogP contribution is -2.20. The van der Waals surface area contributed by atoms with Crippen LogP contribution in [0.3, 0.4) is 0 Å². The topological polar surface area (TPSA) is 59.6 Å². The molecule has 3 rings (SSSR count). The van der Waals surface area contributed by atoms with Crippen molar-refractivity contribution in [2.45, 2.75) is 20.4 Å². The zero-order chi connectivity index (χ0) is 22.2. The van der Waals surface area contributed by atoms with E-state index in [1.165, 1.54) is 0 Å². The van der Waals surface area contributed by atoms with E-state index in [4.69, 9.17) is 21.1 Å². The van der Waals surface area contributed by atoms with E-state index in [0.717, 1.165) is 27.5 Å². The normalized spacial score (nSPS) is 10.5. The predicted molar refractivity (Wildman–Crippen MR) is 129 cm³/mol. The highest BCUT2D eigenvalue weighted by Crippen LogP contribution is 2.37. The van der Waals surface area contributed by atoms with Crippen molar-refractivity contribution in [1.82, 2.24) is 0 Å². The molecule has 0 aromatic heterocycles. The van der Waals surface area contributed by atoms with Gasteiger partial charge in [-0.25, -0.2) is 0 Å². The lowest BCUT2D eigenvalue weighted by molar-refractivity contribution is -0.118. The zero-order valence-corrected chi connectivity index (χ0v) is 19.7. The summed E-state index contributed by atoms with van der Waals surface area (Å²) >= 11 is 9.75. The Morgan fingerprint density at radius 1 is 1.06 bits per heavy atom. The lowest BCUT2D eigenvalue weighted by atomic mass is 10.1. The number of amides is 1. The molecule has 0 fully saturated rings. The number of nitrogens with one attached hydrogen (secondary N) is 2. The summed E-state index contributed by atoms with van der Waals surface area (Å²) in [6, 6.07) is 18.9. The summed E-state index contributed by atoms with van der Waals surface area (Å²) in [4.78, 5) is 12.2. The second-order valence-electron chi connectivity index (χ2n) is 6.81. The molecular weight excluding hydrogens is 480 g/mol. The number of carbonyl (C=O) groups excluding carboxylic acids is 1. The fraction of sp³-hybridized carbons (Fsp3) is 0.208. The van der Waals surface area contributed by atoms with E-state index in [2.05, 4.69) is 26.6 Å². The van der Waals surface area contributed by atoms with Gasteiger partial charge in [-0.2, -0.15) is 0 Å². The fourth-order valence-electron chi connectivity index (χ4n) is 2.98. The Hall–Kier alpha value is -2.70. The molecule has 7 heteroatoms. The number of carbonyl (C=O) groups is 1. The average molecular weight is 504 g/mol. The van der Waals surface area contributed by atoms with E-state index in [0.29, 0.717) is 29.1 Å². The van der Waals surface area contributed by atoms with Gasteiger partial charge < -0.3 is 20.1 Å². The average Bonchev–Trinajstić information content (AvgIpc) is 2.75. The molecule has 0 heterocycles. The molecule has 5 nitrogen and oxygen atoms in total. The molecule has 162 valence electrons. The Balaban J connectivity index is 1.69. The van der Waals surface area contributed by atoms with Crippen LogP contribution in [-0.4, -0.2) is 19.1 Å². The molecule has 3 aromatic carbocycles. The van der Waals surface area contributed by atoms with Gasteiger partial charge in [0.05, 0.1) is 11.1 Å². The summed E-state index contributed by atoms with van der Waals surface area (Å²) in [5, 5.41) is 6.92. The first kappa shape index (κ1) is 23.0. The number of hydrogen-bond acceptors (Lipinski definition) is 4. The van der Waals surface area contributed by atoms with Crippen LogP contribution in [0.2, 0.25) is 5.02 Å². The molecule has 0 aliphatic rings. The van der Waals surface area contributed by atoms with Crippen LogP contribution in [-0.2, 0) is 11.3 Å². The standard InChI is InChI=1S/C24H24BrClN2O3/c1-3-30-22-13-17(14-27-21-11-7-10-20(26)16(21)2)12-19(25)24(22)31-15-23(29)28-18-8-5-4-6-9-18/h4-13,27H,3,14-15H2,1-2H3,(H,28,29). The highest BCUT2D eigenvalue weighted by Gasteiger charge is 2.15. The molecule has 0 atom stereocenters. The Bertz CT molecular complexity index is 1040. The Morgan fingerprint density at radius 2 is 1.84 bits per heavy atom. The third-order valence-electron chi connectivity index (χ3n) is 4.52. The first-order valence-corrected chi connectivity index (χ1v) is 11.1. The molecule has 2 N–H and O–H groups in total. The quantitative estimate of drug-likeness (QED) is 0.353. The van der Waals surface area contributed by atoms with Crippen LogP contribution in [0.25, 0.3) is 0 Å². The summed E-state index contributed by atoms with van der Waals surface area (Å²) < 4.78 is 12.3. The van der Waals surface area contributed by atoms with E-state index in [-0.39, 0.29) is 12.5 Å². The van der Waals surface area contributed by atoms with E-state index in [9.17, 15) is 4.79 Å². The minimum absolute atomic E-state index is 0.132. The van der Waals surface area contributed by atoms with E-state index in [1.807, 2.05) is 74.5 Å². The molecular formula is C24H24BrClN2O3. The number of ether oxygens (including phenoxy) is 2. The second-order valence-corrected chi connectivity index (χ2v) is 8.07. The Labute approximate surface area is 195 Å². The summed E-state index contributed by atoms with van der Waals surface area (Å²) in [7, 11) is 0. The summed E-state index contributed by atoms with van der Waals surface area (Å²) in [6.45, 7) is 4.80. The van der Waals surface area contributed by atoms with Crippen LogP contribution in [0.1, 0.15) is 18.1 Å². The Kier molecular flexibility index (Phi) is 8.20. The van der Waals surface area contributed by atoms with Gasteiger partial charge in [0.15, 0.2) is 18.1 Å². The first-order chi connectivity index (χ1) is 15.0. The minimum atomic E-state index is -0.247. The molecule has 1 amide bonds. The van der Waals surface area contributed by atoms with Gasteiger partial charge in [-0.15, -0.1) is 0 Å². The number of hydrogen-bond donors (Lipinski definition) is 2. The molecule has 0 spiro atoms. The van der Waals surface area contributed by atoms with Crippen molar-refractivity contribution in [2.75, 3.05) is 23.8 Å². The highest BCUT2D eigenvalue weighted by atomic mass is 79.9. The van der Waals surface area contributed by atoms with Crippen molar-refractivity contribution >= 4 is 44.8 Å². The van der Waals surface area contributed by atoms with Gasteiger partial charge in [0.2, 0.25) is 0 Å². The molecule has 0 aliphatic heterocycles. The monoisotopic (exact) mass is 502 g/mol. The number of benzene rings is 3. The molecule has 0 saturated heterocycles. The molecule has 31 heavy (non-hydrogen) atoms. The molecule has 0 radical (unpaired) electrons. The maximum atomic E-state index is 12.2. The third kappa shape index (κ3) is 6.39. The van der Waals surface area contributed by atoms with Gasteiger partial charge >= 0.3 is 0 Å². The van der Waals surface area contributed by atoms with Crippen LogP contribution in [0.15, 0.2) is 65.1 Å². The predicted octanol–water partition coefficient (Wildman–Crippen LogP) is 6.44. The maximum absolute atomic E-state index is 12.2. The summed E-state index contributed by atoms with van der Waals surface area (Å²) in [5.41, 5.74) is 3.69. The van der Waals surface area contributed by atoms with E-state index < -0.39 is 0 Å². The molecule has 0 aliphatic carbocycles. The number of rotatable bonds is 9. The highest BCUT2D eigenvalue weighted by molar-refractivity contribution is 9.10. The van der Waals surface area contributed by atoms with Crippen molar-refractivity contribution in [2.24, 2.45) is 0 Å². The molecule has 0 saturated carbocycles. The maximum Gasteiger partial charge on any atom is 0.262 e. The van der Waals surface area contributed by atoms with E-state index >= 15 is 0 Å². The van der Waals surface area contributed by atoms with Crippen molar-refractivity contribution in [3.05, 3.63) is 81.3 Å². The summed E-state index contributed by atoms with van der Waals surface area (Å²) in [6.07, 6.45) is 0. The minimum Gasteiger partial charge on any atom is -0.490 e. The molecule has 0 bridgehead atoms. The third-order valence-corrected chi connectivity index (χ3v) is 5.52. The van der Waals surface area contributed by atoms with Gasteiger partial charge in [-0.05, 0) is 77.3 Å².